The molecule has 0 N–H and O–H groups in total. The third-order valence-corrected chi connectivity index (χ3v) is 4.60. The Morgan fingerprint density at radius 3 is 2.55 bits per heavy atom. The number of piperidine rings is 1. The molecule has 0 aliphatic carbocycles. The van der Waals surface area contributed by atoms with Crippen molar-refractivity contribution in [2.24, 2.45) is 5.41 Å². The predicted octanol–water partition coefficient (Wildman–Crippen LogP) is 3.37. The first-order valence-electron chi connectivity index (χ1n) is 7.78. The van der Waals surface area contributed by atoms with Gasteiger partial charge in [0.2, 0.25) is 0 Å². The van der Waals surface area contributed by atoms with Crippen molar-refractivity contribution in [3.8, 4) is 6.07 Å². The second kappa shape index (κ2) is 6.41. The van der Waals surface area contributed by atoms with E-state index in [9.17, 15) is 0 Å². The lowest BCUT2D eigenvalue weighted by atomic mass is 9.82. The van der Waals surface area contributed by atoms with Crippen LogP contribution in [0.15, 0.2) is 12.3 Å². The number of hydrogen-bond acceptors (Lipinski definition) is 3. The molecule has 0 atom stereocenters. The van der Waals surface area contributed by atoms with Crippen LogP contribution in [0.5, 0.6) is 0 Å². The number of aromatic nitrogens is 2. The van der Waals surface area contributed by atoms with Gasteiger partial charge >= 0.3 is 0 Å². The van der Waals surface area contributed by atoms with Crippen molar-refractivity contribution in [2.75, 3.05) is 13.1 Å². The van der Waals surface area contributed by atoms with Gasteiger partial charge in [-0.15, -0.1) is 0 Å². The quantitative estimate of drug-likeness (QED) is 0.827. The first-order chi connectivity index (χ1) is 9.60. The third kappa shape index (κ3) is 3.40. The number of likely N-dealkylation sites (tertiary alicyclic amines) is 1. The van der Waals surface area contributed by atoms with Crippen LogP contribution in [-0.4, -0.2) is 27.8 Å². The molecule has 4 heteroatoms. The Hall–Kier alpha value is -1.34. The highest BCUT2D eigenvalue weighted by Crippen LogP contribution is 2.30. The molecule has 0 radical (unpaired) electrons. The number of nitrogens with zero attached hydrogens (tertiary/aromatic N) is 4. The minimum absolute atomic E-state index is 0.120. The maximum Gasteiger partial charge on any atom is 0.0764 e. The van der Waals surface area contributed by atoms with Gasteiger partial charge in [0.15, 0.2) is 0 Å². The summed E-state index contributed by atoms with van der Waals surface area (Å²) in [5.41, 5.74) is 1.03. The lowest BCUT2D eigenvalue weighted by molar-refractivity contribution is 0.148. The number of hydrogen-bond donors (Lipinski definition) is 0. The Labute approximate surface area is 122 Å². The van der Waals surface area contributed by atoms with Crippen LogP contribution in [-0.2, 0) is 6.54 Å². The summed E-state index contributed by atoms with van der Waals surface area (Å²) in [6.07, 6.45) is 6.30. The summed E-state index contributed by atoms with van der Waals surface area (Å²) < 4.78 is 2.11. The lowest BCUT2D eigenvalue weighted by Crippen LogP contribution is -2.37. The lowest BCUT2D eigenvalue weighted by Gasteiger charge is -2.34. The van der Waals surface area contributed by atoms with E-state index in [4.69, 9.17) is 10.4 Å². The molecular weight excluding hydrogens is 248 g/mol. The van der Waals surface area contributed by atoms with Gasteiger partial charge in [-0.3, -0.25) is 9.58 Å². The fourth-order valence-electron chi connectivity index (χ4n) is 2.87. The van der Waals surface area contributed by atoms with Crippen LogP contribution >= 0.6 is 0 Å². The summed E-state index contributed by atoms with van der Waals surface area (Å²) in [4.78, 5) is 2.42. The average Bonchev–Trinajstić information content (AvgIpc) is 2.91. The van der Waals surface area contributed by atoms with Gasteiger partial charge < -0.3 is 0 Å². The summed E-state index contributed by atoms with van der Waals surface area (Å²) in [5, 5.41) is 13.9. The third-order valence-electron chi connectivity index (χ3n) is 4.60. The summed E-state index contributed by atoms with van der Waals surface area (Å²) in [7, 11) is 0. The molecule has 20 heavy (non-hydrogen) atoms. The first-order valence-corrected chi connectivity index (χ1v) is 7.78. The Morgan fingerprint density at radius 2 is 2.00 bits per heavy atom. The topological polar surface area (TPSA) is 44.9 Å². The van der Waals surface area contributed by atoms with Crippen LogP contribution in [0.25, 0.3) is 0 Å². The van der Waals surface area contributed by atoms with Gasteiger partial charge in [-0.2, -0.15) is 10.4 Å². The van der Waals surface area contributed by atoms with Crippen molar-refractivity contribution in [2.45, 2.75) is 59.0 Å². The highest BCUT2D eigenvalue weighted by Gasteiger charge is 2.29. The summed E-state index contributed by atoms with van der Waals surface area (Å²) in [6.45, 7) is 9.41. The van der Waals surface area contributed by atoms with E-state index >= 15 is 0 Å². The Kier molecular flexibility index (Phi) is 4.82. The zero-order valence-electron chi connectivity index (χ0n) is 13.0. The van der Waals surface area contributed by atoms with Crippen molar-refractivity contribution in [3.63, 3.8) is 0 Å². The van der Waals surface area contributed by atoms with Crippen molar-refractivity contribution in [1.29, 1.82) is 5.26 Å². The van der Waals surface area contributed by atoms with Crippen molar-refractivity contribution in [3.05, 3.63) is 18.0 Å². The van der Waals surface area contributed by atoms with Crippen LogP contribution < -0.4 is 0 Å². The fraction of sp³-hybridized carbons (Fsp3) is 0.750. The van der Waals surface area contributed by atoms with Crippen LogP contribution in [0.1, 0.15) is 58.2 Å². The molecule has 0 aromatic carbocycles. The largest absolute Gasteiger partial charge is 0.297 e. The molecule has 1 saturated heterocycles. The Bertz CT molecular complexity index is 459. The molecule has 1 aromatic rings. The molecule has 0 spiro atoms. The molecule has 0 unspecified atom stereocenters. The standard InChI is InChI=1S/C16H26N4/c1-4-15(5-2)20-9-6-14(18-20)12-19-10-7-16(3,13-17)8-11-19/h6,9,15H,4-5,7-8,10-12H2,1-3H3. The van der Waals surface area contributed by atoms with E-state index < -0.39 is 0 Å². The zero-order valence-corrected chi connectivity index (χ0v) is 13.0. The Balaban J connectivity index is 1.91. The van der Waals surface area contributed by atoms with Crippen LogP contribution in [0.4, 0.5) is 0 Å². The fourth-order valence-corrected chi connectivity index (χ4v) is 2.87. The SMILES string of the molecule is CCC(CC)n1ccc(CN2CCC(C)(C#N)CC2)n1. The summed E-state index contributed by atoms with van der Waals surface area (Å²) in [5.74, 6) is 0. The second-order valence-corrected chi connectivity index (χ2v) is 6.21. The molecule has 4 nitrogen and oxygen atoms in total. The van der Waals surface area contributed by atoms with E-state index in [2.05, 4.69) is 48.7 Å². The Morgan fingerprint density at radius 1 is 1.35 bits per heavy atom. The minimum Gasteiger partial charge on any atom is -0.297 e. The smallest absolute Gasteiger partial charge is 0.0764 e. The van der Waals surface area contributed by atoms with E-state index in [1.165, 1.54) is 0 Å². The van der Waals surface area contributed by atoms with E-state index in [0.717, 1.165) is 51.0 Å². The van der Waals surface area contributed by atoms with Gasteiger partial charge in [0.1, 0.15) is 0 Å². The molecule has 2 rings (SSSR count). The maximum atomic E-state index is 9.16. The van der Waals surface area contributed by atoms with Gasteiger partial charge in [-0.1, -0.05) is 13.8 Å². The summed E-state index contributed by atoms with van der Waals surface area (Å²) >= 11 is 0. The van der Waals surface area contributed by atoms with Crippen LogP contribution in [0, 0.1) is 16.7 Å². The highest BCUT2D eigenvalue weighted by atomic mass is 15.3. The van der Waals surface area contributed by atoms with Gasteiger partial charge in [-0.05, 0) is 38.7 Å². The molecular formula is C16H26N4. The molecule has 0 amide bonds. The van der Waals surface area contributed by atoms with Gasteiger partial charge in [0, 0.05) is 25.8 Å². The maximum absolute atomic E-state index is 9.16. The first kappa shape index (κ1) is 15.1. The summed E-state index contributed by atoms with van der Waals surface area (Å²) in [6, 6.07) is 5.11. The predicted molar refractivity (Wildman–Crippen MR) is 80.1 cm³/mol. The zero-order chi connectivity index (χ0) is 14.6. The van der Waals surface area contributed by atoms with E-state index in [1.54, 1.807) is 0 Å². The number of rotatable bonds is 5. The van der Waals surface area contributed by atoms with Crippen molar-refractivity contribution in [1.82, 2.24) is 14.7 Å². The van der Waals surface area contributed by atoms with Crippen molar-refractivity contribution >= 4 is 0 Å². The normalized spacial score (nSPS) is 19.1. The molecule has 0 saturated carbocycles. The molecule has 1 fully saturated rings. The van der Waals surface area contributed by atoms with Gasteiger partial charge in [0.05, 0.1) is 23.2 Å². The molecule has 2 heterocycles. The highest BCUT2D eigenvalue weighted by molar-refractivity contribution is 5.03. The minimum atomic E-state index is -0.120. The second-order valence-electron chi connectivity index (χ2n) is 6.21. The molecule has 0 bridgehead atoms. The van der Waals surface area contributed by atoms with E-state index in [0.29, 0.717) is 6.04 Å². The molecule has 1 aliphatic heterocycles. The van der Waals surface area contributed by atoms with Gasteiger partial charge in [-0.25, -0.2) is 0 Å². The van der Waals surface area contributed by atoms with Crippen LogP contribution in [0.2, 0.25) is 0 Å². The van der Waals surface area contributed by atoms with E-state index in [-0.39, 0.29) is 5.41 Å². The van der Waals surface area contributed by atoms with E-state index in [1.807, 2.05) is 0 Å². The average molecular weight is 274 g/mol. The van der Waals surface area contributed by atoms with Gasteiger partial charge in [0.25, 0.3) is 0 Å². The monoisotopic (exact) mass is 274 g/mol. The molecule has 110 valence electrons. The molecule has 1 aromatic heterocycles. The van der Waals surface area contributed by atoms with Crippen LogP contribution in [0.3, 0.4) is 0 Å². The van der Waals surface area contributed by atoms with Crippen molar-refractivity contribution < 1.29 is 0 Å². The molecule has 1 aliphatic rings. The number of nitriles is 1.